The van der Waals surface area contributed by atoms with E-state index in [4.69, 9.17) is 5.11 Å². The van der Waals surface area contributed by atoms with Gasteiger partial charge in [0.25, 0.3) is 5.69 Å². The van der Waals surface area contributed by atoms with Gasteiger partial charge >= 0.3 is 5.97 Å². The van der Waals surface area contributed by atoms with E-state index in [0.29, 0.717) is 5.69 Å². The zero-order valence-corrected chi connectivity index (χ0v) is 10.6. The Labute approximate surface area is 110 Å². The number of halogens is 1. The van der Waals surface area contributed by atoms with Crippen molar-refractivity contribution in [1.82, 2.24) is 0 Å². The highest BCUT2D eigenvalue weighted by Gasteiger charge is 2.13. The number of nitrogens with zero attached hydrogens (tertiary/aromatic N) is 1. The van der Waals surface area contributed by atoms with Crippen molar-refractivity contribution in [2.45, 2.75) is 12.8 Å². The lowest BCUT2D eigenvalue weighted by Gasteiger charge is -2.04. The summed E-state index contributed by atoms with van der Waals surface area (Å²) in [6, 6.07) is 4.01. The molecular weight excluding hydrogens is 308 g/mol. The molecule has 1 rings (SSSR count). The van der Waals surface area contributed by atoms with Gasteiger partial charge in [-0.3, -0.25) is 19.7 Å². The van der Waals surface area contributed by atoms with Crippen molar-refractivity contribution < 1.29 is 19.6 Å². The molecule has 7 nitrogen and oxygen atoms in total. The van der Waals surface area contributed by atoms with Gasteiger partial charge in [0.1, 0.15) is 0 Å². The number of nitrogens with one attached hydrogen (secondary N) is 1. The molecule has 18 heavy (non-hydrogen) atoms. The minimum Gasteiger partial charge on any atom is -0.481 e. The van der Waals surface area contributed by atoms with Gasteiger partial charge in [-0.15, -0.1) is 0 Å². The van der Waals surface area contributed by atoms with Crippen molar-refractivity contribution in [2.75, 3.05) is 5.32 Å². The summed E-state index contributed by atoms with van der Waals surface area (Å²) < 4.78 is 0.239. The lowest BCUT2D eigenvalue weighted by molar-refractivity contribution is -0.385. The molecule has 0 aliphatic carbocycles. The van der Waals surface area contributed by atoms with E-state index in [1.165, 1.54) is 18.2 Å². The Morgan fingerprint density at radius 2 is 2.06 bits per heavy atom. The summed E-state index contributed by atoms with van der Waals surface area (Å²) in [7, 11) is 0. The summed E-state index contributed by atoms with van der Waals surface area (Å²) in [5, 5.41) is 21.4. The van der Waals surface area contributed by atoms with Gasteiger partial charge in [0.05, 0.1) is 15.8 Å². The Balaban J connectivity index is 2.69. The molecule has 1 aromatic rings. The van der Waals surface area contributed by atoms with Gasteiger partial charge in [0, 0.05) is 18.2 Å². The Bertz CT molecular complexity index is 503. The first-order valence-electron chi connectivity index (χ1n) is 4.85. The van der Waals surface area contributed by atoms with Gasteiger partial charge < -0.3 is 10.4 Å². The van der Waals surface area contributed by atoms with Crippen LogP contribution in [0.5, 0.6) is 0 Å². The normalized spacial score (nSPS) is 9.83. The second kappa shape index (κ2) is 6.10. The van der Waals surface area contributed by atoms with E-state index < -0.39 is 16.8 Å². The van der Waals surface area contributed by atoms with E-state index >= 15 is 0 Å². The molecule has 8 heteroatoms. The van der Waals surface area contributed by atoms with E-state index in [1.807, 2.05) is 0 Å². The van der Waals surface area contributed by atoms with Crippen LogP contribution in [0.1, 0.15) is 12.8 Å². The predicted octanol–water partition coefficient (Wildman–Crippen LogP) is 2.16. The quantitative estimate of drug-likeness (QED) is 0.639. The van der Waals surface area contributed by atoms with Crippen LogP contribution in [0.15, 0.2) is 22.7 Å². The number of amides is 1. The fourth-order valence-corrected chi connectivity index (χ4v) is 1.70. The van der Waals surface area contributed by atoms with Crippen LogP contribution >= 0.6 is 15.9 Å². The first-order valence-corrected chi connectivity index (χ1v) is 5.65. The summed E-state index contributed by atoms with van der Waals surface area (Å²) in [6.07, 6.45) is -0.413. The predicted molar refractivity (Wildman–Crippen MR) is 66.3 cm³/mol. The smallest absolute Gasteiger partial charge is 0.303 e. The summed E-state index contributed by atoms with van der Waals surface area (Å²) in [5.74, 6) is -1.52. The third-order valence-electron chi connectivity index (χ3n) is 1.99. The van der Waals surface area contributed by atoms with Crippen LogP contribution in [0.3, 0.4) is 0 Å². The highest BCUT2D eigenvalue weighted by atomic mass is 79.9. The van der Waals surface area contributed by atoms with E-state index in [0.717, 1.165) is 0 Å². The lowest BCUT2D eigenvalue weighted by Crippen LogP contribution is -2.13. The van der Waals surface area contributed by atoms with Gasteiger partial charge in [0.2, 0.25) is 5.91 Å². The Morgan fingerprint density at radius 3 is 2.56 bits per heavy atom. The molecule has 96 valence electrons. The third-order valence-corrected chi connectivity index (χ3v) is 2.63. The van der Waals surface area contributed by atoms with Gasteiger partial charge in [-0.25, -0.2) is 0 Å². The second-order valence-corrected chi connectivity index (χ2v) is 4.22. The monoisotopic (exact) mass is 316 g/mol. The van der Waals surface area contributed by atoms with Crippen molar-refractivity contribution in [3.63, 3.8) is 0 Å². The molecule has 0 atom stereocenters. The van der Waals surface area contributed by atoms with Crippen LogP contribution in [-0.2, 0) is 9.59 Å². The average molecular weight is 317 g/mol. The van der Waals surface area contributed by atoms with Crippen LogP contribution in [0.4, 0.5) is 11.4 Å². The summed E-state index contributed by atoms with van der Waals surface area (Å²) in [5.41, 5.74) is 0.251. The maximum atomic E-state index is 11.3. The molecule has 0 saturated heterocycles. The van der Waals surface area contributed by atoms with Crippen LogP contribution in [0, 0.1) is 10.1 Å². The number of rotatable bonds is 5. The van der Waals surface area contributed by atoms with E-state index in [9.17, 15) is 19.7 Å². The molecule has 0 radical (unpaired) electrons. The first kappa shape index (κ1) is 14.1. The van der Waals surface area contributed by atoms with Crippen molar-refractivity contribution in [3.8, 4) is 0 Å². The zero-order valence-electron chi connectivity index (χ0n) is 9.05. The maximum Gasteiger partial charge on any atom is 0.303 e. The van der Waals surface area contributed by atoms with Crippen molar-refractivity contribution >= 4 is 39.2 Å². The number of carbonyl (C=O) groups excluding carboxylic acids is 1. The van der Waals surface area contributed by atoms with Crippen LogP contribution in [0.2, 0.25) is 0 Å². The molecule has 0 spiro atoms. The highest BCUT2D eigenvalue weighted by Crippen LogP contribution is 2.27. The number of hydrogen-bond donors (Lipinski definition) is 2. The minimum absolute atomic E-state index is 0.112. The van der Waals surface area contributed by atoms with Crippen LogP contribution in [-0.4, -0.2) is 21.9 Å². The van der Waals surface area contributed by atoms with E-state index in [2.05, 4.69) is 21.2 Å². The minimum atomic E-state index is -1.06. The fourth-order valence-electron chi connectivity index (χ4n) is 1.18. The molecule has 0 bridgehead atoms. The van der Waals surface area contributed by atoms with Crippen LogP contribution in [0.25, 0.3) is 0 Å². The zero-order chi connectivity index (χ0) is 13.7. The molecular formula is C10H9BrN2O5. The van der Waals surface area contributed by atoms with Gasteiger partial charge in [0.15, 0.2) is 0 Å². The summed E-state index contributed by atoms with van der Waals surface area (Å²) >= 11 is 3.01. The van der Waals surface area contributed by atoms with E-state index in [-0.39, 0.29) is 23.0 Å². The van der Waals surface area contributed by atoms with Crippen molar-refractivity contribution in [3.05, 3.63) is 32.8 Å². The number of carboxylic acids is 1. The molecule has 0 aliphatic heterocycles. The van der Waals surface area contributed by atoms with Crippen molar-refractivity contribution in [2.24, 2.45) is 0 Å². The Kier molecular flexibility index (Phi) is 4.78. The fraction of sp³-hybridized carbons (Fsp3) is 0.200. The van der Waals surface area contributed by atoms with E-state index in [1.54, 1.807) is 0 Å². The van der Waals surface area contributed by atoms with Crippen molar-refractivity contribution in [1.29, 1.82) is 0 Å². The van der Waals surface area contributed by atoms with Gasteiger partial charge in [-0.1, -0.05) is 0 Å². The third kappa shape index (κ3) is 4.13. The Morgan fingerprint density at radius 1 is 1.39 bits per heavy atom. The average Bonchev–Trinajstić information content (AvgIpc) is 2.26. The standard InChI is InChI=1S/C10H9BrN2O5/c11-7-5-6(1-2-8(7)13(17)18)12-9(14)3-4-10(15)16/h1-2,5H,3-4H2,(H,12,14)(H,15,16). The topological polar surface area (TPSA) is 110 Å². The molecule has 0 aromatic heterocycles. The number of nitro benzene ring substituents is 1. The number of carbonyl (C=O) groups is 2. The number of aliphatic carboxylic acids is 1. The molecule has 1 aromatic carbocycles. The molecule has 0 unspecified atom stereocenters. The number of nitro groups is 1. The Hall–Kier alpha value is -1.96. The molecule has 0 fully saturated rings. The molecule has 0 saturated carbocycles. The molecule has 0 aliphatic rings. The summed E-state index contributed by atoms with van der Waals surface area (Å²) in [6.45, 7) is 0. The summed E-state index contributed by atoms with van der Waals surface area (Å²) in [4.78, 5) is 31.6. The second-order valence-electron chi connectivity index (χ2n) is 3.37. The number of benzene rings is 1. The van der Waals surface area contributed by atoms with Gasteiger partial charge in [-0.2, -0.15) is 0 Å². The number of hydrogen-bond acceptors (Lipinski definition) is 4. The molecule has 1 amide bonds. The molecule has 0 heterocycles. The highest BCUT2D eigenvalue weighted by molar-refractivity contribution is 9.10. The SMILES string of the molecule is O=C(O)CCC(=O)Nc1ccc([N+](=O)[O-])c(Br)c1. The number of carboxylic acid groups (broad SMARTS) is 1. The molecule has 2 N–H and O–H groups in total. The largest absolute Gasteiger partial charge is 0.481 e. The van der Waals surface area contributed by atoms with Crippen LogP contribution < -0.4 is 5.32 Å². The lowest BCUT2D eigenvalue weighted by atomic mass is 10.2. The van der Waals surface area contributed by atoms with Gasteiger partial charge in [-0.05, 0) is 28.1 Å². The maximum absolute atomic E-state index is 11.3. The first-order chi connectivity index (χ1) is 8.40. The number of anilines is 1.